The van der Waals surface area contributed by atoms with Gasteiger partial charge in [-0.3, -0.25) is 4.79 Å². The van der Waals surface area contributed by atoms with Gasteiger partial charge in [0.1, 0.15) is 12.4 Å². The van der Waals surface area contributed by atoms with E-state index in [4.69, 9.17) is 9.84 Å². The van der Waals surface area contributed by atoms with E-state index in [1.165, 1.54) is 12.1 Å². The molecule has 0 bridgehead atoms. The third kappa shape index (κ3) is 3.53. The number of hydrogen-bond donors (Lipinski definition) is 2. The largest absolute Gasteiger partial charge is 0.384 e. The molecule has 2 rings (SSSR count). The molecule has 1 saturated heterocycles. The van der Waals surface area contributed by atoms with Gasteiger partial charge in [0.15, 0.2) is 0 Å². The Labute approximate surface area is 110 Å². The fourth-order valence-electron chi connectivity index (χ4n) is 1.81. The first-order valence-electron chi connectivity index (χ1n) is 5.98. The summed E-state index contributed by atoms with van der Waals surface area (Å²) in [5.74, 6) is 4.04. The zero-order chi connectivity index (χ0) is 13.7. The Balaban J connectivity index is 2.06. The Morgan fingerprint density at radius 3 is 3.05 bits per heavy atom. The summed E-state index contributed by atoms with van der Waals surface area (Å²) in [5.41, 5.74) is 0.584. The first-order valence-corrected chi connectivity index (χ1v) is 5.98. The third-order valence-electron chi connectivity index (χ3n) is 2.84. The topological polar surface area (TPSA) is 58.6 Å². The lowest BCUT2D eigenvalue weighted by Gasteiger charge is -2.10. The number of hydrogen-bond acceptors (Lipinski definition) is 3. The zero-order valence-corrected chi connectivity index (χ0v) is 10.3. The molecule has 19 heavy (non-hydrogen) atoms. The summed E-state index contributed by atoms with van der Waals surface area (Å²) in [4.78, 5) is 11.8. The van der Waals surface area contributed by atoms with Gasteiger partial charge in [-0.25, -0.2) is 4.39 Å². The Morgan fingerprint density at radius 2 is 2.42 bits per heavy atom. The maximum atomic E-state index is 13.7. The van der Waals surface area contributed by atoms with Crippen LogP contribution in [0.2, 0.25) is 0 Å². The maximum Gasteiger partial charge on any atom is 0.229 e. The molecule has 0 radical (unpaired) electrons. The van der Waals surface area contributed by atoms with Crippen LogP contribution in [0.4, 0.5) is 10.1 Å². The number of benzene rings is 1. The number of rotatable bonds is 2. The van der Waals surface area contributed by atoms with Crippen molar-refractivity contribution in [3.63, 3.8) is 0 Å². The van der Waals surface area contributed by atoms with Gasteiger partial charge >= 0.3 is 0 Å². The molecular weight excluding hydrogens is 249 g/mol. The van der Waals surface area contributed by atoms with E-state index in [0.29, 0.717) is 25.2 Å². The van der Waals surface area contributed by atoms with Gasteiger partial charge in [-0.1, -0.05) is 11.8 Å². The number of amides is 1. The standard InChI is InChI=1S/C14H14FNO3/c15-12-8-10(2-1-6-17)3-4-13(12)16-14(18)11-5-7-19-9-11/h3-4,8,11,17H,5-7,9H2,(H,16,18). The summed E-state index contributed by atoms with van der Waals surface area (Å²) < 4.78 is 18.9. The van der Waals surface area contributed by atoms with Crippen LogP contribution in [0.1, 0.15) is 12.0 Å². The second kappa shape index (κ2) is 6.32. The van der Waals surface area contributed by atoms with E-state index in [9.17, 15) is 9.18 Å². The van der Waals surface area contributed by atoms with Crippen molar-refractivity contribution in [2.45, 2.75) is 6.42 Å². The molecular formula is C14H14FNO3. The summed E-state index contributed by atoms with van der Waals surface area (Å²) >= 11 is 0. The number of anilines is 1. The Morgan fingerprint density at radius 1 is 1.58 bits per heavy atom. The Hall–Kier alpha value is -1.90. The summed E-state index contributed by atoms with van der Waals surface area (Å²) in [6.45, 7) is 0.672. The molecule has 4 nitrogen and oxygen atoms in total. The fourth-order valence-corrected chi connectivity index (χ4v) is 1.81. The number of aliphatic hydroxyl groups is 1. The highest BCUT2D eigenvalue weighted by Gasteiger charge is 2.24. The van der Waals surface area contributed by atoms with Crippen LogP contribution in [0.5, 0.6) is 0 Å². The Kier molecular flexibility index (Phi) is 4.50. The van der Waals surface area contributed by atoms with Crippen LogP contribution in [0.3, 0.4) is 0 Å². The van der Waals surface area contributed by atoms with E-state index in [1.807, 2.05) is 0 Å². The SMILES string of the molecule is O=C(Nc1ccc(C#CCO)cc1F)C1CCOC1. The van der Waals surface area contributed by atoms with Crippen molar-refractivity contribution < 1.29 is 19.0 Å². The number of carbonyl (C=O) groups is 1. The minimum Gasteiger partial charge on any atom is -0.384 e. The van der Waals surface area contributed by atoms with E-state index < -0.39 is 5.82 Å². The molecule has 100 valence electrons. The zero-order valence-electron chi connectivity index (χ0n) is 10.3. The molecule has 2 N–H and O–H groups in total. The Bertz CT molecular complexity index is 527. The molecule has 1 aromatic carbocycles. The molecule has 5 heteroatoms. The summed E-state index contributed by atoms with van der Waals surface area (Å²) in [6, 6.07) is 4.28. The highest BCUT2D eigenvalue weighted by Crippen LogP contribution is 2.19. The number of carbonyl (C=O) groups excluding carboxylic acids is 1. The van der Waals surface area contributed by atoms with Crippen molar-refractivity contribution >= 4 is 11.6 Å². The van der Waals surface area contributed by atoms with Gasteiger partial charge in [0.2, 0.25) is 5.91 Å². The van der Waals surface area contributed by atoms with Crippen molar-refractivity contribution in [1.29, 1.82) is 0 Å². The van der Waals surface area contributed by atoms with Gasteiger partial charge < -0.3 is 15.2 Å². The van der Waals surface area contributed by atoms with E-state index in [2.05, 4.69) is 17.2 Å². The van der Waals surface area contributed by atoms with Crippen LogP contribution < -0.4 is 5.32 Å². The minimum atomic E-state index is -0.544. The number of aliphatic hydroxyl groups excluding tert-OH is 1. The second-order valence-electron chi connectivity index (χ2n) is 4.20. The highest BCUT2D eigenvalue weighted by atomic mass is 19.1. The summed E-state index contributed by atoms with van der Waals surface area (Å²) in [6.07, 6.45) is 0.660. The van der Waals surface area contributed by atoms with Crippen LogP contribution in [0.15, 0.2) is 18.2 Å². The van der Waals surface area contributed by atoms with Crippen LogP contribution in [0.25, 0.3) is 0 Å². The molecule has 1 aliphatic rings. The molecule has 0 spiro atoms. The molecule has 1 amide bonds. The molecule has 1 aromatic rings. The molecule has 0 aromatic heterocycles. The van der Waals surface area contributed by atoms with Gasteiger partial charge in [0.05, 0.1) is 18.2 Å². The van der Waals surface area contributed by atoms with Gasteiger partial charge in [-0.05, 0) is 24.6 Å². The predicted octanol–water partition coefficient (Wildman–Crippen LogP) is 1.14. The molecule has 1 aliphatic heterocycles. The monoisotopic (exact) mass is 263 g/mol. The highest BCUT2D eigenvalue weighted by molar-refractivity contribution is 5.92. The fraction of sp³-hybridized carbons (Fsp3) is 0.357. The van der Waals surface area contributed by atoms with Crippen molar-refractivity contribution in [3.8, 4) is 11.8 Å². The lowest BCUT2D eigenvalue weighted by molar-refractivity contribution is -0.119. The van der Waals surface area contributed by atoms with Gasteiger partial charge in [-0.2, -0.15) is 0 Å². The lowest BCUT2D eigenvalue weighted by atomic mass is 10.1. The molecule has 0 aliphatic carbocycles. The number of halogens is 1. The average Bonchev–Trinajstić information content (AvgIpc) is 2.93. The normalized spacial score (nSPS) is 17.7. The quantitative estimate of drug-likeness (QED) is 0.787. The van der Waals surface area contributed by atoms with Gasteiger partial charge in [0, 0.05) is 12.2 Å². The van der Waals surface area contributed by atoms with Crippen LogP contribution in [-0.2, 0) is 9.53 Å². The molecule has 1 heterocycles. The summed E-state index contributed by atoms with van der Waals surface area (Å²) in [7, 11) is 0. The van der Waals surface area contributed by atoms with Crippen molar-refractivity contribution in [2.75, 3.05) is 25.1 Å². The van der Waals surface area contributed by atoms with Gasteiger partial charge in [0.25, 0.3) is 0 Å². The predicted molar refractivity (Wildman–Crippen MR) is 67.9 cm³/mol. The first kappa shape index (κ1) is 13.5. The van der Waals surface area contributed by atoms with E-state index in [1.54, 1.807) is 6.07 Å². The summed E-state index contributed by atoms with van der Waals surface area (Å²) in [5, 5.41) is 11.1. The van der Waals surface area contributed by atoms with E-state index in [0.717, 1.165) is 0 Å². The molecule has 0 saturated carbocycles. The van der Waals surface area contributed by atoms with E-state index >= 15 is 0 Å². The average molecular weight is 263 g/mol. The number of nitrogens with one attached hydrogen (secondary N) is 1. The van der Waals surface area contributed by atoms with Gasteiger partial charge in [-0.15, -0.1) is 0 Å². The molecule has 1 atom stereocenters. The lowest BCUT2D eigenvalue weighted by Crippen LogP contribution is -2.23. The minimum absolute atomic E-state index is 0.131. The maximum absolute atomic E-state index is 13.7. The third-order valence-corrected chi connectivity index (χ3v) is 2.84. The number of ether oxygens (including phenoxy) is 1. The van der Waals surface area contributed by atoms with Crippen molar-refractivity contribution in [3.05, 3.63) is 29.6 Å². The molecule has 1 unspecified atom stereocenters. The molecule has 1 fully saturated rings. The smallest absolute Gasteiger partial charge is 0.229 e. The second-order valence-corrected chi connectivity index (χ2v) is 4.20. The van der Waals surface area contributed by atoms with Crippen LogP contribution in [0, 0.1) is 23.6 Å². The van der Waals surface area contributed by atoms with Crippen molar-refractivity contribution in [1.82, 2.24) is 0 Å². The van der Waals surface area contributed by atoms with Crippen molar-refractivity contribution in [2.24, 2.45) is 5.92 Å². The van der Waals surface area contributed by atoms with Crippen LogP contribution in [-0.4, -0.2) is 30.8 Å². The first-order chi connectivity index (χ1) is 9.20. The van der Waals surface area contributed by atoms with Crippen LogP contribution >= 0.6 is 0 Å². The van der Waals surface area contributed by atoms with E-state index in [-0.39, 0.29) is 24.1 Å².